The second-order valence-corrected chi connectivity index (χ2v) is 4.52. The van der Waals surface area contributed by atoms with Gasteiger partial charge in [0.2, 0.25) is 0 Å². The molecule has 3 nitrogen and oxygen atoms in total. The van der Waals surface area contributed by atoms with Crippen molar-refractivity contribution in [1.29, 1.82) is 0 Å². The number of nitrogens with zero attached hydrogens (tertiary/aromatic N) is 2. The molecule has 0 spiro atoms. The molecule has 1 fully saturated rings. The van der Waals surface area contributed by atoms with Gasteiger partial charge in [0.15, 0.2) is 0 Å². The average molecular weight is 215 g/mol. The van der Waals surface area contributed by atoms with Gasteiger partial charge in [-0.2, -0.15) is 0 Å². The summed E-state index contributed by atoms with van der Waals surface area (Å²) in [5, 5.41) is 0. The molecule has 1 aliphatic rings. The highest BCUT2D eigenvalue weighted by atomic mass is 15.1. The highest BCUT2D eigenvalue weighted by molar-refractivity contribution is 5.77. The fourth-order valence-electron chi connectivity index (χ4n) is 2.31. The first-order chi connectivity index (χ1) is 7.83. The Morgan fingerprint density at radius 2 is 2.25 bits per heavy atom. The number of imidazole rings is 1. The van der Waals surface area contributed by atoms with Crippen molar-refractivity contribution in [3.05, 3.63) is 29.6 Å². The average Bonchev–Trinajstić information content (AvgIpc) is 3.09. The van der Waals surface area contributed by atoms with E-state index in [1.807, 2.05) is 0 Å². The van der Waals surface area contributed by atoms with Gasteiger partial charge in [-0.05, 0) is 37.5 Å². The Kier molecular flexibility index (Phi) is 2.21. The molecular formula is C13H17N3. The molecule has 16 heavy (non-hydrogen) atoms. The van der Waals surface area contributed by atoms with Crippen molar-refractivity contribution in [2.24, 2.45) is 5.73 Å². The lowest BCUT2D eigenvalue weighted by Crippen LogP contribution is -2.00. The van der Waals surface area contributed by atoms with Crippen LogP contribution >= 0.6 is 0 Å². The summed E-state index contributed by atoms with van der Waals surface area (Å²) in [4.78, 5) is 4.76. The first-order valence-corrected chi connectivity index (χ1v) is 6.02. The van der Waals surface area contributed by atoms with E-state index in [1.54, 1.807) is 0 Å². The maximum Gasteiger partial charge on any atom is 0.112 e. The summed E-state index contributed by atoms with van der Waals surface area (Å²) in [6.45, 7) is 3.78. The Morgan fingerprint density at radius 3 is 2.88 bits per heavy atom. The number of benzene rings is 1. The van der Waals surface area contributed by atoms with Gasteiger partial charge in [0.25, 0.3) is 0 Å². The van der Waals surface area contributed by atoms with Crippen LogP contribution in [-0.4, -0.2) is 9.55 Å². The quantitative estimate of drug-likeness (QED) is 0.854. The number of rotatable bonds is 3. The molecular weight excluding hydrogens is 198 g/mol. The zero-order valence-electron chi connectivity index (χ0n) is 9.61. The number of aryl methyl sites for hydroxylation is 1. The van der Waals surface area contributed by atoms with E-state index in [0.717, 1.165) is 17.6 Å². The third-order valence-electron chi connectivity index (χ3n) is 3.34. The third kappa shape index (κ3) is 1.43. The molecule has 3 rings (SSSR count). The van der Waals surface area contributed by atoms with Gasteiger partial charge >= 0.3 is 0 Å². The Labute approximate surface area is 95.3 Å². The zero-order chi connectivity index (χ0) is 11.1. The minimum atomic E-state index is 0.591. The van der Waals surface area contributed by atoms with Gasteiger partial charge in [-0.1, -0.05) is 6.07 Å². The molecule has 1 saturated carbocycles. The van der Waals surface area contributed by atoms with E-state index in [2.05, 4.69) is 29.7 Å². The topological polar surface area (TPSA) is 43.8 Å². The van der Waals surface area contributed by atoms with Crippen molar-refractivity contribution in [2.45, 2.75) is 38.8 Å². The lowest BCUT2D eigenvalue weighted by atomic mass is 10.2. The van der Waals surface area contributed by atoms with Gasteiger partial charge in [0.1, 0.15) is 5.82 Å². The van der Waals surface area contributed by atoms with E-state index >= 15 is 0 Å². The van der Waals surface area contributed by atoms with E-state index in [4.69, 9.17) is 10.7 Å². The standard InChI is InChI=1S/C13H17N3/c1-2-16-12-6-3-9(8-14)7-11(12)15-13(16)10-4-5-10/h3,6-7,10H,2,4-5,8,14H2,1H3. The predicted molar refractivity (Wildman–Crippen MR) is 65.3 cm³/mol. The summed E-state index contributed by atoms with van der Waals surface area (Å²) in [5.41, 5.74) is 9.17. The van der Waals surface area contributed by atoms with Crippen molar-refractivity contribution < 1.29 is 0 Å². The minimum absolute atomic E-state index is 0.591. The maximum absolute atomic E-state index is 5.66. The summed E-state index contributed by atoms with van der Waals surface area (Å²) < 4.78 is 2.34. The van der Waals surface area contributed by atoms with Crippen LogP contribution in [0.1, 0.15) is 37.1 Å². The summed E-state index contributed by atoms with van der Waals surface area (Å²) in [6.07, 6.45) is 2.60. The maximum atomic E-state index is 5.66. The molecule has 1 heterocycles. The Balaban J connectivity index is 2.20. The van der Waals surface area contributed by atoms with Crippen molar-refractivity contribution >= 4 is 11.0 Å². The largest absolute Gasteiger partial charge is 0.328 e. The molecule has 0 amide bonds. The SMILES string of the molecule is CCn1c(C2CC2)nc2cc(CN)ccc21. The smallest absolute Gasteiger partial charge is 0.112 e. The summed E-state index contributed by atoms with van der Waals surface area (Å²) >= 11 is 0. The molecule has 84 valence electrons. The summed E-state index contributed by atoms with van der Waals surface area (Å²) in [7, 11) is 0. The molecule has 1 aromatic carbocycles. The van der Waals surface area contributed by atoms with Gasteiger partial charge in [0, 0.05) is 19.0 Å². The number of fused-ring (bicyclic) bond motifs is 1. The first-order valence-electron chi connectivity index (χ1n) is 6.02. The van der Waals surface area contributed by atoms with Crippen LogP contribution in [-0.2, 0) is 13.1 Å². The van der Waals surface area contributed by atoms with Crippen molar-refractivity contribution in [1.82, 2.24) is 9.55 Å². The van der Waals surface area contributed by atoms with E-state index in [9.17, 15) is 0 Å². The molecule has 0 saturated heterocycles. The van der Waals surface area contributed by atoms with Crippen LogP contribution in [0, 0.1) is 0 Å². The fourth-order valence-corrected chi connectivity index (χ4v) is 2.31. The fraction of sp³-hybridized carbons (Fsp3) is 0.462. The van der Waals surface area contributed by atoms with Gasteiger partial charge in [-0.3, -0.25) is 0 Å². The van der Waals surface area contributed by atoms with Crippen molar-refractivity contribution in [3.8, 4) is 0 Å². The predicted octanol–water partition coefficient (Wildman–Crippen LogP) is 2.39. The minimum Gasteiger partial charge on any atom is -0.328 e. The number of nitrogens with two attached hydrogens (primary N) is 1. The number of aromatic nitrogens is 2. The Hall–Kier alpha value is -1.35. The lowest BCUT2D eigenvalue weighted by molar-refractivity contribution is 0.720. The van der Waals surface area contributed by atoms with Crippen LogP contribution in [0.4, 0.5) is 0 Å². The van der Waals surface area contributed by atoms with Crippen LogP contribution in [0.25, 0.3) is 11.0 Å². The van der Waals surface area contributed by atoms with Crippen LogP contribution in [0.15, 0.2) is 18.2 Å². The molecule has 0 bridgehead atoms. The van der Waals surface area contributed by atoms with E-state index < -0.39 is 0 Å². The van der Waals surface area contributed by atoms with Crippen LogP contribution < -0.4 is 5.73 Å². The van der Waals surface area contributed by atoms with Crippen molar-refractivity contribution in [3.63, 3.8) is 0 Å². The van der Waals surface area contributed by atoms with Crippen molar-refractivity contribution in [2.75, 3.05) is 0 Å². The second-order valence-electron chi connectivity index (χ2n) is 4.52. The normalized spacial score (nSPS) is 15.9. The van der Waals surface area contributed by atoms with Gasteiger partial charge < -0.3 is 10.3 Å². The first kappa shape index (κ1) is 9.85. The molecule has 3 heteroatoms. The Bertz CT molecular complexity index is 523. The van der Waals surface area contributed by atoms with E-state index in [1.165, 1.54) is 24.2 Å². The van der Waals surface area contributed by atoms with Crippen LogP contribution in [0.5, 0.6) is 0 Å². The van der Waals surface area contributed by atoms with Crippen LogP contribution in [0.2, 0.25) is 0 Å². The highest BCUT2D eigenvalue weighted by Gasteiger charge is 2.29. The van der Waals surface area contributed by atoms with E-state index in [0.29, 0.717) is 12.5 Å². The third-order valence-corrected chi connectivity index (χ3v) is 3.34. The molecule has 0 aliphatic heterocycles. The lowest BCUT2D eigenvalue weighted by Gasteiger charge is -2.04. The molecule has 0 unspecified atom stereocenters. The van der Waals surface area contributed by atoms with Gasteiger partial charge in [-0.15, -0.1) is 0 Å². The summed E-state index contributed by atoms with van der Waals surface area (Å²) in [5.74, 6) is 1.97. The number of hydrogen-bond acceptors (Lipinski definition) is 2. The molecule has 0 atom stereocenters. The highest BCUT2D eigenvalue weighted by Crippen LogP contribution is 2.40. The number of hydrogen-bond donors (Lipinski definition) is 1. The zero-order valence-corrected chi connectivity index (χ0v) is 9.61. The monoisotopic (exact) mass is 215 g/mol. The van der Waals surface area contributed by atoms with Gasteiger partial charge in [-0.25, -0.2) is 4.98 Å². The van der Waals surface area contributed by atoms with E-state index in [-0.39, 0.29) is 0 Å². The summed E-state index contributed by atoms with van der Waals surface area (Å²) in [6, 6.07) is 6.38. The molecule has 2 N–H and O–H groups in total. The van der Waals surface area contributed by atoms with Crippen LogP contribution in [0.3, 0.4) is 0 Å². The molecule has 2 aromatic rings. The second kappa shape index (κ2) is 3.59. The molecule has 1 aromatic heterocycles. The Morgan fingerprint density at radius 1 is 1.44 bits per heavy atom. The molecule has 1 aliphatic carbocycles. The molecule has 0 radical (unpaired) electrons. The van der Waals surface area contributed by atoms with Gasteiger partial charge in [0.05, 0.1) is 11.0 Å².